The van der Waals surface area contributed by atoms with Gasteiger partial charge in [-0.25, -0.2) is 0 Å². The molecule has 0 fully saturated rings. The van der Waals surface area contributed by atoms with Crippen molar-refractivity contribution in [3.05, 3.63) is 12.2 Å². The molecule has 0 rings (SSSR count). The summed E-state index contributed by atoms with van der Waals surface area (Å²) in [6.45, 7) is 4.69. The van der Waals surface area contributed by atoms with E-state index in [2.05, 4.69) is 24.4 Å². The van der Waals surface area contributed by atoms with Gasteiger partial charge in [0.05, 0.1) is 6.61 Å². The Morgan fingerprint density at radius 2 is 0.980 bits per heavy atom. The van der Waals surface area contributed by atoms with Gasteiger partial charge in [0.1, 0.15) is 0 Å². The zero-order valence-electron chi connectivity index (χ0n) is 33.4. The van der Waals surface area contributed by atoms with Crippen LogP contribution in [0.25, 0.3) is 0 Å². The Labute approximate surface area is 311 Å². The Balaban J connectivity index is 3.33. The highest BCUT2D eigenvalue weighted by Crippen LogP contribution is 2.14. The molecule has 0 aliphatic rings. The molecule has 0 aliphatic carbocycles. The molecular formula is C44H86N2O4. The second kappa shape index (κ2) is 42.0. The molecule has 0 heterocycles. The van der Waals surface area contributed by atoms with Gasteiger partial charge in [-0.05, 0) is 64.3 Å². The predicted octanol–water partition coefficient (Wildman–Crippen LogP) is 12.8. The molecule has 0 aliphatic heterocycles. The first-order chi connectivity index (χ1) is 24.6. The van der Waals surface area contributed by atoms with Crippen molar-refractivity contribution in [2.45, 2.75) is 238 Å². The Kier molecular flexibility index (Phi) is 40.8. The van der Waals surface area contributed by atoms with Gasteiger partial charge in [0.2, 0.25) is 0 Å². The molecule has 0 radical (unpaired) electrons. The number of carboxylic acids is 1. The smallest absolute Gasteiger partial charge is 0.305 e. The normalized spacial score (nSPS) is 12.2. The van der Waals surface area contributed by atoms with Crippen LogP contribution in [0.5, 0.6) is 0 Å². The number of hydrogen-bond acceptors (Lipinski definition) is 5. The maximum Gasteiger partial charge on any atom is 0.305 e. The summed E-state index contributed by atoms with van der Waals surface area (Å²) >= 11 is 0. The van der Waals surface area contributed by atoms with E-state index >= 15 is 0 Å². The second-order valence-electron chi connectivity index (χ2n) is 15.1. The van der Waals surface area contributed by atoms with Gasteiger partial charge >= 0.3 is 11.9 Å². The predicted molar refractivity (Wildman–Crippen MR) is 216 cm³/mol. The highest BCUT2D eigenvalue weighted by molar-refractivity contribution is 5.69. The van der Waals surface area contributed by atoms with E-state index in [4.69, 9.17) is 15.6 Å². The number of carboxylic acid groups (broad SMARTS) is 1. The monoisotopic (exact) mass is 707 g/mol. The molecule has 0 aromatic rings. The molecule has 0 aromatic heterocycles. The summed E-state index contributed by atoms with van der Waals surface area (Å²) in [4.78, 5) is 22.5. The molecule has 0 aromatic carbocycles. The number of unbranched alkanes of at least 4 members (excludes halogenated alkanes) is 28. The molecule has 0 saturated heterocycles. The minimum atomic E-state index is -0.671. The standard InChI is InChI=1S/C44H86N2O4/c1-2-3-4-5-6-7-8-9-10-11-12-13-20-25-30-35-40-50-44(49)38-33-28-23-18-15-19-24-29-34-39-46-42(41-45)36-31-26-21-16-14-17-22-27-32-37-43(47)48/h9-10,42,46H,2-8,11-41,45H2,1H3,(H,47,48). The molecule has 0 amide bonds. The van der Waals surface area contributed by atoms with Crippen LogP contribution in [0.15, 0.2) is 12.2 Å². The van der Waals surface area contributed by atoms with Crippen LogP contribution in [0.3, 0.4) is 0 Å². The van der Waals surface area contributed by atoms with Crippen LogP contribution in [-0.4, -0.2) is 42.8 Å². The first kappa shape index (κ1) is 48.6. The third-order valence-corrected chi connectivity index (χ3v) is 10.1. The molecule has 6 nitrogen and oxygen atoms in total. The fourth-order valence-electron chi connectivity index (χ4n) is 6.75. The summed E-state index contributed by atoms with van der Waals surface area (Å²) in [5.74, 6) is -0.673. The number of nitrogens with one attached hydrogen (secondary N) is 1. The summed E-state index contributed by atoms with van der Waals surface area (Å²) in [6.07, 6.45) is 46.8. The van der Waals surface area contributed by atoms with Gasteiger partial charge in [-0.3, -0.25) is 9.59 Å². The molecule has 4 N–H and O–H groups in total. The maximum atomic E-state index is 12.0. The summed E-state index contributed by atoms with van der Waals surface area (Å²) in [6, 6.07) is 0.457. The van der Waals surface area contributed by atoms with E-state index in [-0.39, 0.29) is 5.97 Å². The molecule has 0 bridgehead atoms. The second-order valence-corrected chi connectivity index (χ2v) is 15.1. The Bertz CT molecular complexity index is 729. The fraction of sp³-hybridized carbons (Fsp3) is 0.909. The van der Waals surface area contributed by atoms with Gasteiger partial charge in [-0.15, -0.1) is 0 Å². The number of nitrogens with two attached hydrogens (primary N) is 1. The highest BCUT2D eigenvalue weighted by atomic mass is 16.5. The number of rotatable bonds is 42. The van der Waals surface area contributed by atoms with Gasteiger partial charge in [0.25, 0.3) is 0 Å². The lowest BCUT2D eigenvalue weighted by atomic mass is 10.0. The molecule has 1 atom stereocenters. The average Bonchev–Trinajstić information content (AvgIpc) is 3.11. The van der Waals surface area contributed by atoms with Gasteiger partial charge in [-0.1, -0.05) is 173 Å². The first-order valence-corrected chi connectivity index (χ1v) is 22.1. The molecule has 0 spiro atoms. The number of carbonyl (C=O) groups is 2. The first-order valence-electron chi connectivity index (χ1n) is 22.1. The lowest BCUT2D eigenvalue weighted by molar-refractivity contribution is -0.144. The number of allylic oxidation sites excluding steroid dienone is 2. The zero-order valence-corrected chi connectivity index (χ0v) is 33.4. The van der Waals surface area contributed by atoms with Crippen molar-refractivity contribution in [2.24, 2.45) is 5.73 Å². The Hall–Kier alpha value is -1.40. The van der Waals surface area contributed by atoms with Crippen LogP contribution in [0.1, 0.15) is 232 Å². The molecule has 1 unspecified atom stereocenters. The summed E-state index contributed by atoms with van der Waals surface area (Å²) < 4.78 is 5.46. The minimum Gasteiger partial charge on any atom is -0.481 e. The van der Waals surface area contributed by atoms with Crippen molar-refractivity contribution >= 4 is 11.9 Å². The highest BCUT2D eigenvalue weighted by Gasteiger charge is 2.06. The van der Waals surface area contributed by atoms with Crippen molar-refractivity contribution < 1.29 is 19.4 Å². The third kappa shape index (κ3) is 41.0. The number of carbonyl (C=O) groups excluding carboxylic acids is 1. The minimum absolute atomic E-state index is 0.00191. The van der Waals surface area contributed by atoms with Crippen LogP contribution in [0.2, 0.25) is 0 Å². The number of esters is 1. The molecule has 0 saturated carbocycles. The van der Waals surface area contributed by atoms with Gasteiger partial charge < -0.3 is 20.9 Å². The average molecular weight is 707 g/mol. The van der Waals surface area contributed by atoms with Gasteiger partial charge in [0, 0.05) is 25.4 Å². The van der Waals surface area contributed by atoms with E-state index < -0.39 is 5.97 Å². The number of aliphatic carboxylic acids is 1. The third-order valence-electron chi connectivity index (χ3n) is 10.1. The summed E-state index contributed by atoms with van der Waals surface area (Å²) in [7, 11) is 0. The van der Waals surface area contributed by atoms with Crippen molar-refractivity contribution in [3.8, 4) is 0 Å². The van der Waals surface area contributed by atoms with Crippen LogP contribution >= 0.6 is 0 Å². The Morgan fingerprint density at radius 3 is 1.48 bits per heavy atom. The SMILES string of the molecule is CCCCCCCCC=CCCCCCCCCOC(=O)CCCCCCCCCCCNC(CN)CCCCCCCCCCCC(=O)O. The lowest BCUT2D eigenvalue weighted by Gasteiger charge is -2.16. The van der Waals surface area contributed by atoms with Crippen molar-refractivity contribution in [2.75, 3.05) is 19.7 Å². The lowest BCUT2D eigenvalue weighted by Crippen LogP contribution is -2.36. The van der Waals surface area contributed by atoms with E-state index in [9.17, 15) is 9.59 Å². The van der Waals surface area contributed by atoms with E-state index in [0.29, 0.717) is 25.5 Å². The zero-order chi connectivity index (χ0) is 36.4. The van der Waals surface area contributed by atoms with Crippen LogP contribution in [-0.2, 0) is 14.3 Å². The number of hydrogen-bond donors (Lipinski definition) is 3. The Morgan fingerprint density at radius 1 is 0.560 bits per heavy atom. The molecular weight excluding hydrogens is 620 g/mol. The van der Waals surface area contributed by atoms with Crippen LogP contribution < -0.4 is 11.1 Å². The van der Waals surface area contributed by atoms with Crippen molar-refractivity contribution in [1.29, 1.82) is 0 Å². The molecule has 50 heavy (non-hydrogen) atoms. The summed E-state index contributed by atoms with van der Waals surface area (Å²) in [5, 5.41) is 12.3. The van der Waals surface area contributed by atoms with Crippen LogP contribution in [0, 0.1) is 0 Å². The molecule has 296 valence electrons. The van der Waals surface area contributed by atoms with E-state index in [1.54, 1.807) is 0 Å². The van der Waals surface area contributed by atoms with Crippen molar-refractivity contribution in [3.63, 3.8) is 0 Å². The quantitative estimate of drug-likeness (QED) is 0.0332. The molecule has 6 heteroatoms. The maximum absolute atomic E-state index is 12.0. The van der Waals surface area contributed by atoms with E-state index in [0.717, 1.165) is 45.2 Å². The van der Waals surface area contributed by atoms with Gasteiger partial charge in [0.15, 0.2) is 0 Å². The van der Waals surface area contributed by atoms with Crippen LogP contribution in [0.4, 0.5) is 0 Å². The van der Waals surface area contributed by atoms with Gasteiger partial charge in [-0.2, -0.15) is 0 Å². The van der Waals surface area contributed by atoms with E-state index in [1.165, 1.54) is 180 Å². The fourth-order valence-corrected chi connectivity index (χ4v) is 6.75. The van der Waals surface area contributed by atoms with E-state index in [1.807, 2.05) is 0 Å². The van der Waals surface area contributed by atoms with Crippen molar-refractivity contribution in [1.82, 2.24) is 5.32 Å². The number of ether oxygens (including phenoxy) is 1. The summed E-state index contributed by atoms with van der Waals surface area (Å²) in [5.41, 5.74) is 6.01. The topological polar surface area (TPSA) is 102 Å². The largest absolute Gasteiger partial charge is 0.481 e.